The summed E-state index contributed by atoms with van der Waals surface area (Å²) in [6, 6.07) is 10.5. The monoisotopic (exact) mass is 320 g/mol. The van der Waals surface area contributed by atoms with E-state index in [2.05, 4.69) is 0 Å². The summed E-state index contributed by atoms with van der Waals surface area (Å²) in [6.07, 6.45) is 0.980. The number of hydrogen-bond acceptors (Lipinski definition) is 5. The number of benzene rings is 2. The fraction of sp³-hybridized carbons (Fsp3) is 0.133. The molecule has 0 spiro atoms. The van der Waals surface area contributed by atoms with Crippen LogP contribution in [-0.2, 0) is 10.1 Å². The van der Waals surface area contributed by atoms with E-state index in [1.807, 2.05) is 25.1 Å². The number of rotatable bonds is 2. The van der Waals surface area contributed by atoms with E-state index in [-0.39, 0.29) is 11.2 Å². The van der Waals surface area contributed by atoms with Crippen LogP contribution in [0.25, 0.3) is 20.2 Å². The molecule has 0 aliphatic carbocycles. The van der Waals surface area contributed by atoms with Gasteiger partial charge in [-0.2, -0.15) is 8.42 Å². The standard InChI is InChI=1S/C15H12O4S2/c1-9-7-10(19-21(2,17)18)8-12-14(16)11-5-3-4-6-13(11)20-15(9)12/h3-8H,1-2H3. The normalized spacial score (nSPS) is 11.9. The molecule has 1 heterocycles. The summed E-state index contributed by atoms with van der Waals surface area (Å²) < 4.78 is 29.1. The second-order valence-corrected chi connectivity index (χ2v) is 7.46. The molecule has 0 saturated carbocycles. The van der Waals surface area contributed by atoms with Crippen molar-refractivity contribution in [3.8, 4) is 5.75 Å². The Labute approximate surface area is 125 Å². The lowest BCUT2D eigenvalue weighted by atomic mass is 10.1. The van der Waals surface area contributed by atoms with Gasteiger partial charge in [-0.25, -0.2) is 0 Å². The van der Waals surface area contributed by atoms with Crippen molar-refractivity contribution in [1.29, 1.82) is 0 Å². The first-order valence-corrected chi connectivity index (χ1v) is 8.84. The third kappa shape index (κ3) is 2.64. The Morgan fingerprint density at radius 3 is 2.52 bits per heavy atom. The maximum Gasteiger partial charge on any atom is 0.306 e. The highest BCUT2D eigenvalue weighted by Crippen LogP contribution is 2.30. The molecule has 3 rings (SSSR count). The maximum absolute atomic E-state index is 12.6. The molecule has 108 valence electrons. The highest BCUT2D eigenvalue weighted by molar-refractivity contribution is 7.86. The van der Waals surface area contributed by atoms with Gasteiger partial charge in [0.15, 0.2) is 5.43 Å². The van der Waals surface area contributed by atoms with E-state index in [1.54, 1.807) is 12.1 Å². The Kier molecular flexibility index (Phi) is 3.22. The molecular formula is C15H12O4S2. The van der Waals surface area contributed by atoms with Crippen LogP contribution in [0.5, 0.6) is 5.75 Å². The van der Waals surface area contributed by atoms with Crippen LogP contribution in [0.2, 0.25) is 0 Å². The van der Waals surface area contributed by atoms with Crippen molar-refractivity contribution < 1.29 is 12.6 Å². The molecule has 0 atom stereocenters. The van der Waals surface area contributed by atoms with Crippen LogP contribution in [0.3, 0.4) is 0 Å². The van der Waals surface area contributed by atoms with E-state index in [0.717, 1.165) is 21.2 Å². The number of aryl methyl sites for hydroxylation is 1. The molecule has 4 nitrogen and oxygen atoms in total. The average molecular weight is 320 g/mol. The summed E-state index contributed by atoms with van der Waals surface area (Å²) in [7, 11) is -3.62. The molecule has 0 N–H and O–H groups in total. The molecule has 0 aliphatic heterocycles. The van der Waals surface area contributed by atoms with Crippen LogP contribution in [0.15, 0.2) is 41.2 Å². The van der Waals surface area contributed by atoms with Gasteiger partial charge in [-0.05, 0) is 36.8 Å². The first-order chi connectivity index (χ1) is 9.85. The zero-order valence-electron chi connectivity index (χ0n) is 11.4. The second-order valence-electron chi connectivity index (χ2n) is 4.83. The zero-order chi connectivity index (χ0) is 15.2. The largest absolute Gasteiger partial charge is 0.383 e. The Morgan fingerprint density at radius 1 is 1.10 bits per heavy atom. The molecule has 3 aromatic rings. The van der Waals surface area contributed by atoms with Crippen LogP contribution in [0.4, 0.5) is 0 Å². The molecule has 0 amide bonds. The molecule has 6 heteroatoms. The summed E-state index contributed by atoms with van der Waals surface area (Å²) in [4.78, 5) is 12.6. The summed E-state index contributed by atoms with van der Waals surface area (Å²) in [5.74, 6) is 0.169. The zero-order valence-corrected chi connectivity index (χ0v) is 13.0. The van der Waals surface area contributed by atoms with Crippen molar-refractivity contribution in [2.75, 3.05) is 6.26 Å². The molecule has 0 saturated heterocycles. The van der Waals surface area contributed by atoms with Crippen LogP contribution in [0, 0.1) is 6.92 Å². The Bertz CT molecular complexity index is 1020. The van der Waals surface area contributed by atoms with Gasteiger partial charge >= 0.3 is 10.1 Å². The van der Waals surface area contributed by atoms with E-state index in [9.17, 15) is 13.2 Å². The predicted octanol–water partition coefficient (Wildman–Crippen LogP) is 3.06. The molecule has 0 radical (unpaired) electrons. The Hall–Kier alpha value is -1.92. The lowest BCUT2D eigenvalue weighted by Gasteiger charge is -2.08. The van der Waals surface area contributed by atoms with Crippen LogP contribution in [0.1, 0.15) is 5.56 Å². The maximum atomic E-state index is 12.6. The molecule has 0 aliphatic rings. The minimum Gasteiger partial charge on any atom is -0.383 e. The van der Waals surface area contributed by atoms with Gasteiger partial charge in [-0.3, -0.25) is 4.79 Å². The Balaban J connectivity index is 2.39. The van der Waals surface area contributed by atoms with E-state index in [0.29, 0.717) is 10.8 Å². The lowest BCUT2D eigenvalue weighted by molar-refractivity contribution is 0.493. The molecule has 0 fully saturated rings. The van der Waals surface area contributed by atoms with Gasteiger partial charge in [0.2, 0.25) is 0 Å². The summed E-state index contributed by atoms with van der Waals surface area (Å²) >= 11 is 1.51. The van der Waals surface area contributed by atoms with Gasteiger partial charge < -0.3 is 4.18 Å². The average Bonchev–Trinajstić information content (AvgIpc) is 2.39. The van der Waals surface area contributed by atoms with Crippen LogP contribution >= 0.6 is 11.3 Å². The van der Waals surface area contributed by atoms with Crippen LogP contribution in [-0.4, -0.2) is 14.7 Å². The summed E-state index contributed by atoms with van der Waals surface area (Å²) in [5, 5.41) is 1.11. The fourth-order valence-electron chi connectivity index (χ4n) is 2.27. The molecule has 0 unspecified atom stereocenters. The summed E-state index contributed by atoms with van der Waals surface area (Å²) in [6.45, 7) is 1.84. The second kappa shape index (κ2) is 4.82. The van der Waals surface area contributed by atoms with Gasteiger partial charge in [-0.1, -0.05) is 12.1 Å². The molecule has 21 heavy (non-hydrogen) atoms. The van der Waals surface area contributed by atoms with Gasteiger partial charge in [0.25, 0.3) is 0 Å². The summed E-state index contributed by atoms with van der Waals surface area (Å²) in [5.41, 5.74) is 0.709. The topological polar surface area (TPSA) is 60.4 Å². The quantitative estimate of drug-likeness (QED) is 0.538. The number of hydrogen-bond donors (Lipinski definition) is 0. The smallest absolute Gasteiger partial charge is 0.306 e. The van der Waals surface area contributed by atoms with Crippen molar-refractivity contribution in [3.05, 3.63) is 52.2 Å². The molecule has 1 aromatic heterocycles. The van der Waals surface area contributed by atoms with E-state index >= 15 is 0 Å². The fourth-order valence-corrected chi connectivity index (χ4v) is 3.83. The highest BCUT2D eigenvalue weighted by atomic mass is 32.2. The van der Waals surface area contributed by atoms with E-state index in [4.69, 9.17) is 4.18 Å². The first-order valence-electron chi connectivity index (χ1n) is 6.21. The van der Waals surface area contributed by atoms with Crippen molar-refractivity contribution in [2.45, 2.75) is 6.92 Å². The van der Waals surface area contributed by atoms with Gasteiger partial charge in [0.1, 0.15) is 5.75 Å². The van der Waals surface area contributed by atoms with Crippen molar-refractivity contribution >= 4 is 41.6 Å². The van der Waals surface area contributed by atoms with Crippen molar-refractivity contribution in [2.24, 2.45) is 0 Å². The van der Waals surface area contributed by atoms with Crippen molar-refractivity contribution in [1.82, 2.24) is 0 Å². The minimum absolute atomic E-state index is 0.110. The minimum atomic E-state index is -3.62. The van der Waals surface area contributed by atoms with E-state index < -0.39 is 10.1 Å². The SMILES string of the molecule is Cc1cc(OS(C)(=O)=O)cc2c(=O)c3ccccc3sc12. The van der Waals surface area contributed by atoms with Crippen LogP contribution < -0.4 is 9.61 Å². The van der Waals surface area contributed by atoms with Crippen molar-refractivity contribution in [3.63, 3.8) is 0 Å². The van der Waals surface area contributed by atoms with Gasteiger partial charge in [-0.15, -0.1) is 11.3 Å². The molecule has 2 aromatic carbocycles. The highest BCUT2D eigenvalue weighted by Gasteiger charge is 2.12. The number of fused-ring (bicyclic) bond motifs is 2. The van der Waals surface area contributed by atoms with E-state index in [1.165, 1.54) is 17.4 Å². The lowest BCUT2D eigenvalue weighted by Crippen LogP contribution is -2.07. The molecular weight excluding hydrogens is 308 g/mol. The first kappa shape index (κ1) is 14.0. The predicted molar refractivity (Wildman–Crippen MR) is 85.8 cm³/mol. The third-order valence-electron chi connectivity index (χ3n) is 3.08. The third-order valence-corrected chi connectivity index (χ3v) is 4.90. The van der Waals surface area contributed by atoms with Gasteiger partial charge in [0.05, 0.1) is 6.26 Å². The van der Waals surface area contributed by atoms with Gasteiger partial charge in [0, 0.05) is 20.2 Å². The Morgan fingerprint density at radius 2 is 1.81 bits per heavy atom. The molecule has 0 bridgehead atoms.